The van der Waals surface area contributed by atoms with Gasteiger partial charge in [0, 0.05) is 59.2 Å². The Morgan fingerprint density at radius 1 is 0.238 bits per heavy atom. The first-order valence-electron chi connectivity index (χ1n) is 14.7. The van der Waals surface area contributed by atoms with Crippen LogP contribution >= 0.6 is 0 Å². The Balaban J connectivity index is 1.50. The maximum atomic E-state index is 2.55. The molecule has 0 spiro atoms. The van der Waals surface area contributed by atoms with Gasteiger partial charge in [0.25, 0.3) is 0 Å². The Hall–Kier alpha value is -5.60. The van der Waals surface area contributed by atoms with Gasteiger partial charge in [-0.25, -0.2) is 0 Å². The predicted molar refractivity (Wildman–Crippen MR) is 179 cm³/mol. The first kappa shape index (κ1) is 20.3. The van der Waals surface area contributed by atoms with Gasteiger partial charge in [0.05, 0.1) is 33.1 Å². The van der Waals surface area contributed by atoms with E-state index in [0.717, 1.165) is 0 Å². The van der Waals surface area contributed by atoms with Crippen molar-refractivity contribution in [1.82, 2.24) is 8.80 Å². The molecule has 0 fully saturated rings. The summed E-state index contributed by atoms with van der Waals surface area (Å²) in [6.07, 6.45) is 0. The average molecular weight is 529 g/mol. The van der Waals surface area contributed by atoms with Crippen molar-refractivity contribution in [3.05, 3.63) is 121 Å². The zero-order chi connectivity index (χ0) is 26.8. The minimum Gasteiger partial charge on any atom is -0.307 e. The average Bonchev–Trinajstić information content (AvgIpc) is 3.78. The molecule has 8 aromatic carbocycles. The summed E-state index contributed by atoms with van der Waals surface area (Å²) in [6.45, 7) is 0. The molecule has 0 radical (unpaired) electrons. The van der Waals surface area contributed by atoms with Crippen molar-refractivity contribution in [3.8, 4) is 0 Å². The van der Waals surface area contributed by atoms with Crippen molar-refractivity contribution >= 4 is 109 Å². The largest absolute Gasteiger partial charge is 0.307 e. The van der Waals surface area contributed by atoms with Crippen molar-refractivity contribution in [1.29, 1.82) is 0 Å². The van der Waals surface area contributed by atoms with Gasteiger partial charge in [-0.3, -0.25) is 0 Å². The minimum absolute atomic E-state index is 1.28. The lowest BCUT2D eigenvalue weighted by atomic mass is 9.88. The van der Waals surface area contributed by atoms with E-state index in [4.69, 9.17) is 0 Å². The topological polar surface area (TPSA) is 8.82 Å². The molecule has 0 N–H and O–H groups in total. The lowest BCUT2D eigenvalue weighted by Gasteiger charge is -2.16. The Morgan fingerprint density at radius 2 is 0.571 bits per heavy atom. The number of hydrogen-bond acceptors (Lipinski definition) is 0. The molecule has 4 heterocycles. The normalized spacial score (nSPS) is 13.2. The molecule has 0 bridgehead atoms. The van der Waals surface area contributed by atoms with E-state index in [-0.39, 0.29) is 0 Å². The fourth-order valence-corrected chi connectivity index (χ4v) is 8.89. The van der Waals surface area contributed by atoms with E-state index in [1.807, 2.05) is 0 Å². The van der Waals surface area contributed by atoms with E-state index in [9.17, 15) is 0 Å². The molecular weight excluding hydrogens is 508 g/mol. The number of aromatic nitrogens is 2. The minimum atomic E-state index is 1.28. The Morgan fingerprint density at radius 3 is 1.05 bits per heavy atom. The molecule has 190 valence electrons. The maximum absolute atomic E-state index is 2.55. The zero-order valence-corrected chi connectivity index (χ0v) is 22.4. The van der Waals surface area contributed by atoms with Crippen LogP contribution in [0.15, 0.2) is 121 Å². The zero-order valence-electron chi connectivity index (χ0n) is 22.4. The van der Waals surface area contributed by atoms with Crippen LogP contribution in [0.25, 0.3) is 109 Å². The maximum Gasteiger partial charge on any atom is 0.0626 e. The Bertz CT molecular complexity index is 2910. The van der Waals surface area contributed by atoms with Gasteiger partial charge >= 0.3 is 0 Å². The van der Waals surface area contributed by atoms with Gasteiger partial charge in [0.15, 0.2) is 0 Å². The molecule has 42 heavy (non-hydrogen) atoms. The van der Waals surface area contributed by atoms with Gasteiger partial charge in [-0.2, -0.15) is 0 Å². The van der Waals surface area contributed by atoms with Gasteiger partial charge in [-0.15, -0.1) is 0 Å². The van der Waals surface area contributed by atoms with Crippen LogP contribution < -0.4 is 0 Å². The van der Waals surface area contributed by atoms with Crippen LogP contribution in [0.4, 0.5) is 0 Å². The van der Waals surface area contributed by atoms with Gasteiger partial charge < -0.3 is 8.80 Å². The second kappa shape index (κ2) is 6.48. The highest BCUT2D eigenvalue weighted by Gasteiger charge is 2.26. The first-order valence-corrected chi connectivity index (χ1v) is 14.7. The number of nitrogens with zero attached hydrogens (tertiary/aromatic N) is 2. The molecule has 2 heteroatoms. The summed E-state index contributed by atoms with van der Waals surface area (Å²) >= 11 is 0. The molecule has 12 aromatic rings. The van der Waals surface area contributed by atoms with Crippen LogP contribution in [-0.2, 0) is 0 Å². The highest BCUT2D eigenvalue weighted by molar-refractivity contribution is 6.46. The number of para-hydroxylation sites is 4. The predicted octanol–water partition coefficient (Wildman–Crippen LogP) is 10.9. The summed E-state index contributed by atoms with van der Waals surface area (Å²) < 4.78 is 5.11. The summed E-state index contributed by atoms with van der Waals surface area (Å²) in [5.41, 5.74) is 7.88. The standard InChI is InChI=1S/C40H20N2/c1-3-19-31-21(9-1)23-11-5-17-29-35-25-13-7-14-26-33(25)34-27(39(35)41(31)37(23)29)15-8-16-28(34)40-36(26)30-18-6-12-24-22-10-2-4-20-32(22)42(40)38(24)30/h1-20H. The van der Waals surface area contributed by atoms with Crippen LogP contribution in [0.5, 0.6) is 0 Å². The summed E-state index contributed by atoms with van der Waals surface area (Å²) in [6, 6.07) is 45.5. The molecular formula is C40H20N2. The lowest BCUT2D eigenvalue weighted by molar-refractivity contribution is 1.38. The van der Waals surface area contributed by atoms with Crippen molar-refractivity contribution in [2.45, 2.75) is 0 Å². The molecule has 0 atom stereocenters. The van der Waals surface area contributed by atoms with Gasteiger partial charge in [-0.1, -0.05) is 109 Å². The summed E-state index contributed by atoms with van der Waals surface area (Å²) in [7, 11) is 0. The quantitative estimate of drug-likeness (QED) is 0.173. The molecule has 0 aliphatic rings. The lowest BCUT2D eigenvalue weighted by Crippen LogP contribution is -1.91. The van der Waals surface area contributed by atoms with Gasteiger partial charge in [0.1, 0.15) is 0 Å². The van der Waals surface area contributed by atoms with E-state index in [2.05, 4.69) is 130 Å². The number of rotatable bonds is 0. The molecule has 0 aliphatic carbocycles. The Kier molecular flexibility index (Phi) is 3.13. The monoisotopic (exact) mass is 528 g/mol. The second-order valence-corrected chi connectivity index (χ2v) is 12.0. The van der Waals surface area contributed by atoms with Crippen LogP contribution in [0.2, 0.25) is 0 Å². The summed E-state index contributed by atoms with van der Waals surface area (Å²) in [5, 5.41) is 18.8. The van der Waals surface area contributed by atoms with E-state index in [1.165, 1.54) is 109 Å². The van der Waals surface area contributed by atoms with E-state index in [0.29, 0.717) is 0 Å². The second-order valence-electron chi connectivity index (χ2n) is 12.0. The van der Waals surface area contributed by atoms with Crippen molar-refractivity contribution in [3.63, 3.8) is 0 Å². The molecule has 4 aromatic heterocycles. The molecule has 0 unspecified atom stereocenters. The van der Waals surface area contributed by atoms with E-state index < -0.39 is 0 Å². The highest BCUT2D eigenvalue weighted by Crippen LogP contribution is 2.51. The van der Waals surface area contributed by atoms with E-state index >= 15 is 0 Å². The van der Waals surface area contributed by atoms with Crippen LogP contribution in [0.1, 0.15) is 0 Å². The van der Waals surface area contributed by atoms with Gasteiger partial charge in [-0.05, 0) is 28.3 Å². The third-order valence-corrected chi connectivity index (χ3v) is 10.3. The van der Waals surface area contributed by atoms with Crippen molar-refractivity contribution < 1.29 is 0 Å². The molecule has 12 rings (SSSR count). The van der Waals surface area contributed by atoms with Crippen LogP contribution in [0.3, 0.4) is 0 Å². The fraction of sp³-hybridized carbons (Fsp3) is 0. The smallest absolute Gasteiger partial charge is 0.0626 e. The number of hydrogen-bond donors (Lipinski definition) is 0. The SMILES string of the molecule is c1cc2c3c(c1)c1c4cccc5c6ccccc6n(c54)c1c1cccc(c13)c1c2c2cccc3c4ccccc4n1c32. The molecule has 0 saturated carbocycles. The molecule has 0 amide bonds. The van der Waals surface area contributed by atoms with Gasteiger partial charge in [0.2, 0.25) is 0 Å². The highest BCUT2D eigenvalue weighted by atomic mass is 14.9. The number of benzene rings is 8. The third kappa shape index (κ3) is 1.95. The molecule has 0 aliphatic heterocycles. The fourth-order valence-electron chi connectivity index (χ4n) is 8.89. The van der Waals surface area contributed by atoms with Crippen molar-refractivity contribution in [2.75, 3.05) is 0 Å². The first-order chi connectivity index (χ1) is 20.9. The molecule has 0 saturated heterocycles. The summed E-state index contributed by atoms with van der Waals surface area (Å²) in [4.78, 5) is 0. The van der Waals surface area contributed by atoms with Crippen molar-refractivity contribution in [2.24, 2.45) is 0 Å². The Labute approximate surface area is 238 Å². The van der Waals surface area contributed by atoms with Crippen LogP contribution in [0, 0.1) is 0 Å². The molecule has 2 nitrogen and oxygen atoms in total. The summed E-state index contributed by atoms with van der Waals surface area (Å²) in [5.74, 6) is 0. The van der Waals surface area contributed by atoms with Crippen LogP contribution in [-0.4, -0.2) is 8.80 Å². The van der Waals surface area contributed by atoms with E-state index in [1.54, 1.807) is 0 Å². The number of fused-ring (bicyclic) bond motifs is 16. The third-order valence-electron chi connectivity index (χ3n) is 10.3.